The van der Waals surface area contributed by atoms with Gasteiger partial charge in [-0.2, -0.15) is 8.42 Å². The van der Waals surface area contributed by atoms with Crippen LogP contribution in [0.5, 0.6) is 5.75 Å². The van der Waals surface area contributed by atoms with E-state index in [2.05, 4.69) is 5.32 Å². The Bertz CT molecular complexity index is 811. The van der Waals surface area contributed by atoms with Gasteiger partial charge in [0.2, 0.25) is 0 Å². The number of rotatable bonds is 3. The van der Waals surface area contributed by atoms with E-state index in [4.69, 9.17) is 4.55 Å². The third-order valence-electron chi connectivity index (χ3n) is 2.91. The number of hydrogen-bond donors (Lipinski definition) is 3. The van der Waals surface area contributed by atoms with E-state index >= 15 is 0 Å². The van der Waals surface area contributed by atoms with E-state index in [1.807, 2.05) is 0 Å². The van der Waals surface area contributed by atoms with Gasteiger partial charge in [0, 0.05) is 23.1 Å². The second kappa shape index (κ2) is 5.34. The number of nitrogens with one attached hydrogen (secondary N) is 1. The van der Waals surface area contributed by atoms with Crippen LogP contribution in [0.25, 0.3) is 10.8 Å². The van der Waals surface area contributed by atoms with E-state index in [0.717, 1.165) is 6.07 Å². The lowest BCUT2D eigenvalue weighted by Crippen LogP contribution is -2.30. The molecule has 2 aromatic rings. The van der Waals surface area contributed by atoms with Gasteiger partial charge in [0.05, 0.1) is 4.90 Å². The summed E-state index contributed by atoms with van der Waals surface area (Å²) in [6, 6.07) is 6.69. The normalized spacial score (nSPS) is 11.8. The molecule has 6 nitrogen and oxygen atoms in total. The SMILES string of the molecule is CC(C)NC(=O)c1cccc2c(O)cc(S(=O)(=O)O)cc12. The Morgan fingerprint density at radius 3 is 2.43 bits per heavy atom. The van der Waals surface area contributed by atoms with Crippen LogP contribution in [0, 0.1) is 0 Å². The van der Waals surface area contributed by atoms with Crippen molar-refractivity contribution >= 4 is 26.8 Å². The highest BCUT2D eigenvalue weighted by Gasteiger charge is 2.17. The first-order valence-electron chi connectivity index (χ1n) is 6.24. The molecule has 0 saturated carbocycles. The number of amides is 1. The summed E-state index contributed by atoms with van der Waals surface area (Å²) >= 11 is 0. The topological polar surface area (TPSA) is 104 Å². The number of aromatic hydroxyl groups is 1. The molecule has 2 rings (SSSR count). The van der Waals surface area contributed by atoms with Crippen LogP contribution in [0.3, 0.4) is 0 Å². The van der Waals surface area contributed by atoms with Crippen LogP contribution in [-0.2, 0) is 10.1 Å². The lowest BCUT2D eigenvalue weighted by Gasteiger charge is -2.12. The molecular weight excluding hydrogens is 294 g/mol. The van der Waals surface area contributed by atoms with E-state index in [9.17, 15) is 18.3 Å². The zero-order valence-electron chi connectivity index (χ0n) is 11.5. The van der Waals surface area contributed by atoms with Gasteiger partial charge in [-0.3, -0.25) is 9.35 Å². The third kappa shape index (κ3) is 3.14. The van der Waals surface area contributed by atoms with Gasteiger partial charge in [-0.15, -0.1) is 0 Å². The van der Waals surface area contributed by atoms with Crippen molar-refractivity contribution in [2.75, 3.05) is 0 Å². The first-order valence-corrected chi connectivity index (χ1v) is 7.68. The average Bonchev–Trinajstić information content (AvgIpc) is 2.36. The predicted octanol–water partition coefficient (Wildman–Crippen LogP) is 1.93. The highest BCUT2D eigenvalue weighted by molar-refractivity contribution is 7.85. The summed E-state index contributed by atoms with van der Waals surface area (Å²) in [6.07, 6.45) is 0. The average molecular weight is 309 g/mol. The fourth-order valence-corrected chi connectivity index (χ4v) is 2.55. The zero-order valence-corrected chi connectivity index (χ0v) is 12.3. The van der Waals surface area contributed by atoms with Gasteiger partial charge in [0.25, 0.3) is 16.0 Å². The zero-order chi connectivity index (χ0) is 15.8. The van der Waals surface area contributed by atoms with Crippen molar-refractivity contribution in [1.29, 1.82) is 0 Å². The van der Waals surface area contributed by atoms with Gasteiger partial charge in [0.1, 0.15) is 5.75 Å². The first-order chi connectivity index (χ1) is 9.70. The Labute approximate surface area is 122 Å². The summed E-state index contributed by atoms with van der Waals surface area (Å²) in [7, 11) is -4.47. The van der Waals surface area contributed by atoms with Crippen LogP contribution in [-0.4, -0.2) is 30.0 Å². The number of carbonyl (C=O) groups is 1. The van der Waals surface area contributed by atoms with Crippen molar-refractivity contribution in [2.24, 2.45) is 0 Å². The molecule has 0 spiro atoms. The summed E-state index contributed by atoms with van der Waals surface area (Å²) in [4.78, 5) is 11.7. The Kier molecular flexibility index (Phi) is 3.89. The van der Waals surface area contributed by atoms with Gasteiger partial charge in [-0.25, -0.2) is 0 Å². The van der Waals surface area contributed by atoms with E-state index in [0.29, 0.717) is 5.39 Å². The summed E-state index contributed by atoms with van der Waals surface area (Å²) in [5.74, 6) is -0.707. The summed E-state index contributed by atoms with van der Waals surface area (Å²) in [5, 5.41) is 13.2. The van der Waals surface area contributed by atoms with Gasteiger partial charge in [0.15, 0.2) is 0 Å². The Balaban J connectivity index is 2.73. The molecule has 0 radical (unpaired) electrons. The minimum absolute atomic E-state index is 0.0916. The molecule has 3 N–H and O–H groups in total. The highest BCUT2D eigenvalue weighted by atomic mass is 32.2. The quantitative estimate of drug-likeness (QED) is 0.752. The van der Waals surface area contributed by atoms with Gasteiger partial charge >= 0.3 is 0 Å². The number of benzene rings is 2. The van der Waals surface area contributed by atoms with Crippen LogP contribution in [0.4, 0.5) is 0 Å². The van der Waals surface area contributed by atoms with Crippen molar-refractivity contribution in [3.63, 3.8) is 0 Å². The van der Waals surface area contributed by atoms with E-state index < -0.39 is 15.0 Å². The van der Waals surface area contributed by atoms with Crippen LogP contribution in [0.15, 0.2) is 35.2 Å². The number of hydrogen-bond acceptors (Lipinski definition) is 4. The fourth-order valence-electron chi connectivity index (χ4n) is 2.03. The molecule has 0 saturated heterocycles. The maximum Gasteiger partial charge on any atom is 0.294 e. The fraction of sp³-hybridized carbons (Fsp3) is 0.214. The molecular formula is C14H15NO5S. The standard InChI is InChI=1S/C14H15NO5S/c1-8(2)15-14(17)11-5-3-4-10-12(11)6-9(7-13(10)16)21(18,19)20/h3-8,16H,1-2H3,(H,15,17)(H,18,19,20). The molecule has 112 valence electrons. The monoisotopic (exact) mass is 309 g/mol. The van der Waals surface area contributed by atoms with Crippen molar-refractivity contribution in [3.8, 4) is 5.75 Å². The van der Waals surface area contributed by atoms with E-state index in [1.54, 1.807) is 26.0 Å². The Hall–Kier alpha value is -2.12. The van der Waals surface area contributed by atoms with Crippen LogP contribution >= 0.6 is 0 Å². The van der Waals surface area contributed by atoms with Crippen molar-refractivity contribution in [2.45, 2.75) is 24.8 Å². The van der Waals surface area contributed by atoms with Crippen molar-refractivity contribution in [1.82, 2.24) is 5.32 Å². The van der Waals surface area contributed by atoms with Crippen LogP contribution in [0.2, 0.25) is 0 Å². The lowest BCUT2D eigenvalue weighted by molar-refractivity contribution is 0.0944. The van der Waals surface area contributed by atoms with Gasteiger partial charge in [-0.05, 0) is 31.4 Å². The second-order valence-corrected chi connectivity index (χ2v) is 6.37. The van der Waals surface area contributed by atoms with Gasteiger partial charge < -0.3 is 10.4 Å². The Morgan fingerprint density at radius 2 is 1.86 bits per heavy atom. The summed E-state index contributed by atoms with van der Waals surface area (Å²) in [6.45, 7) is 3.59. The molecule has 0 aliphatic carbocycles. The minimum atomic E-state index is -4.47. The van der Waals surface area contributed by atoms with Crippen LogP contribution in [0.1, 0.15) is 24.2 Å². The molecule has 0 aliphatic heterocycles. The predicted molar refractivity (Wildman–Crippen MR) is 78.0 cm³/mol. The number of phenolic OH excluding ortho intramolecular Hbond substituents is 1. The molecule has 0 bridgehead atoms. The van der Waals surface area contributed by atoms with Crippen molar-refractivity contribution < 1.29 is 22.9 Å². The minimum Gasteiger partial charge on any atom is -0.507 e. The molecule has 0 fully saturated rings. The highest BCUT2D eigenvalue weighted by Crippen LogP contribution is 2.30. The largest absolute Gasteiger partial charge is 0.507 e. The van der Waals surface area contributed by atoms with Crippen LogP contribution < -0.4 is 5.32 Å². The molecule has 21 heavy (non-hydrogen) atoms. The summed E-state index contributed by atoms with van der Waals surface area (Å²) in [5.41, 5.74) is 0.224. The molecule has 7 heteroatoms. The Morgan fingerprint density at radius 1 is 1.19 bits per heavy atom. The molecule has 0 heterocycles. The third-order valence-corrected chi connectivity index (χ3v) is 3.74. The second-order valence-electron chi connectivity index (χ2n) is 4.95. The summed E-state index contributed by atoms with van der Waals surface area (Å²) < 4.78 is 31.6. The molecule has 0 atom stereocenters. The van der Waals surface area contributed by atoms with E-state index in [-0.39, 0.29) is 28.6 Å². The first kappa shape index (κ1) is 15.3. The number of carbonyl (C=O) groups excluding carboxylic acids is 1. The molecule has 2 aromatic carbocycles. The number of phenols is 1. The maximum absolute atomic E-state index is 12.1. The molecule has 0 aliphatic rings. The van der Waals surface area contributed by atoms with Gasteiger partial charge in [-0.1, -0.05) is 12.1 Å². The maximum atomic E-state index is 12.1. The number of fused-ring (bicyclic) bond motifs is 1. The molecule has 0 unspecified atom stereocenters. The lowest BCUT2D eigenvalue weighted by atomic mass is 10.0. The smallest absolute Gasteiger partial charge is 0.294 e. The van der Waals surface area contributed by atoms with E-state index in [1.165, 1.54) is 12.1 Å². The van der Waals surface area contributed by atoms with Crippen molar-refractivity contribution in [3.05, 3.63) is 35.9 Å². The molecule has 0 aromatic heterocycles. The molecule has 1 amide bonds.